The van der Waals surface area contributed by atoms with E-state index in [1.54, 1.807) is 36.1 Å². The minimum atomic E-state index is -3.60. The summed E-state index contributed by atoms with van der Waals surface area (Å²) in [5.41, 5.74) is 1.31. The first-order valence-electron chi connectivity index (χ1n) is 11.5. The second-order valence-corrected chi connectivity index (χ2v) is 11.0. The number of para-hydroxylation sites is 2. The fourth-order valence-electron chi connectivity index (χ4n) is 3.58. The van der Waals surface area contributed by atoms with Gasteiger partial charge in [-0.3, -0.25) is 13.9 Å². The van der Waals surface area contributed by atoms with Crippen LogP contribution in [-0.2, 0) is 26.2 Å². The quantitative estimate of drug-likeness (QED) is 0.395. The number of nitrogens with zero attached hydrogens (tertiary/aromatic N) is 2. The van der Waals surface area contributed by atoms with Crippen LogP contribution in [0.5, 0.6) is 5.75 Å². The van der Waals surface area contributed by atoms with Gasteiger partial charge in [-0.1, -0.05) is 47.1 Å². The SMILES string of the molecule is CCCNC(=O)[C@@H](C)N(Cc1ccc(Br)cc1)C(=O)CCCN(c1ccccc1OC)S(C)(=O)=O. The molecular weight excluding hydrogens is 534 g/mol. The molecule has 2 aromatic carbocycles. The maximum Gasteiger partial charge on any atom is 0.242 e. The topological polar surface area (TPSA) is 96.0 Å². The molecule has 2 rings (SSSR count). The monoisotopic (exact) mass is 567 g/mol. The molecule has 35 heavy (non-hydrogen) atoms. The highest BCUT2D eigenvalue weighted by Gasteiger charge is 2.27. The third-order valence-corrected chi connectivity index (χ3v) is 7.20. The van der Waals surface area contributed by atoms with Crippen LogP contribution in [0.4, 0.5) is 5.69 Å². The molecule has 0 unspecified atom stereocenters. The molecule has 0 spiro atoms. The number of anilines is 1. The summed E-state index contributed by atoms with van der Waals surface area (Å²) in [4.78, 5) is 27.5. The molecule has 0 aliphatic carbocycles. The van der Waals surface area contributed by atoms with Gasteiger partial charge in [0.25, 0.3) is 0 Å². The van der Waals surface area contributed by atoms with Crippen molar-refractivity contribution in [2.75, 3.05) is 30.8 Å². The van der Waals surface area contributed by atoms with E-state index in [9.17, 15) is 18.0 Å². The lowest BCUT2D eigenvalue weighted by molar-refractivity contribution is -0.140. The van der Waals surface area contributed by atoms with E-state index in [0.29, 0.717) is 18.0 Å². The van der Waals surface area contributed by atoms with Gasteiger partial charge in [0.1, 0.15) is 11.8 Å². The zero-order chi connectivity index (χ0) is 26.0. The van der Waals surface area contributed by atoms with Gasteiger partial charge in [-0.2, -0.15) is 0 Å². The van der Waals surface area contributed by atoms with Crippen molar-refractivity contribution in [1.82, 2.24) is 10.2 Å². The molecule has 0 aromatic heterocycles. The Bertz CT molecular complexity index is 1090. The molecule has 1 N–H and O–H groups in total. The van der Waals surface area contributed by atoms with E-state index < -0.39 is 16.1 Å². The summed E-state index contributed by atoms with van der Waals surface area (Å²) in [5, 5.41) is 2.85. The van der Waals surface area contributed by atoms with Gasteiger partial charge in [0.15, 0.2) is 0 Å². The fraction of sp³-hybridized carbons (Fsp3) is 0.440. The molecule has 0 radical (unpaired) electrons. The molecule has 10 heteroatoms. The molecule has 192 valence electrons. The highest BCUT2D eigenvalue weighted by molar-refractivity contribution is 9.10. The van der Waals surface area contributed by atoms with Gasteiger partial charge in [0, 0.05) is 30.5 Å². The van der Waals surface area contributed by atoms with E-state index in [4.69, 9.17) is 4.74 Å². The highest BCUT2D eigenvalue weighted by Crippen LogP contribution is 2.29. The first kappa shape index (κ1) is 28.6. The number of carbonyl (C=O) groups is 2. The van der Waals surface area contributed by atoms with Crippen molar-refractivity contribution in [2.24, 2.45) is 0 Å². The number of hydrogen-bond acceptors (Lipinski definition) is 5. The van der Waals surface area contributed by atoms with Gasteiger partial charge < -0.3 is 15.0 Å². The fourth-order valence-corrected chi connectivity index (χ4v) is 4.82. The number of methoxy groups -OCH3 is 1. The number of sulfonamides is 1. The number of hydrogen-bond donors (Lipinski definition) is 1. The zero-order valence-electron chi connectivity index (χ0n) is 20.7. The van der Waals surface area contributed by atoms with Crippen LogP contribution >= 0.6 is 15.9 Å². The van der Waals surface area contributed by atoms with Crippen molar-refractivity contribution >= 4 is 43.5 Å². The van der Waals surface area contributed by atoms with Crippen molar-refractivity contribution in [1.29, 1.82) is 0 Å². The Morgan fingerprint density at radius 2 is 1.77 bits per heavy atom. The van der Waals surface area contributed by atoms with E-state index in [2.05, 4.69) is 21.2 Å². The normalized spacial score (nSPS) is 12.0. The van der Waals surface area contributed by atoms with Crippen molar-refractivity contribution in [3.05, 3.63) is 58.6 Å². The molecule has 8 nitrogen and oxygen atoms in total. The van der Waals surface area contributed by atoms with Gasteiger partial charge in [0.05, 0.1) is 19.1 Å². The van der Waals surface area contributed by atoms with Crippen LogP contribution < -0.4 is 14.4 Å². The van der Waals surface area contributed by atoms with Gasteiger partial charge >= 0.3 is 0 Å². The number of nitrogens with one attached hydrogen (secondary N) is 1. The smallest absolute Gasteiger partial charge is 0.242 e. The first-order valence-corrected chi connectivity index (χ1v) is 14.1. The van der Waals surface area contributed by atoms with Crippen LogP contribution in [0.3, 0.4) is 0 Å². The third-order valence-electron chi connectivity index (χ3n) is 5.49. The largest absolute Gasteiger partial charge is 0.495 e. The zero-order valence-corrected chi connectivity index (χ0v) is 23.1. The molecule has 2 aromatic rings. The number of ether oxygens (including phenoxy) is 1. The predicted molar refractivity (Wildman–Crippen MR) is 142 cm³/mol. The van der Waals surface area contributed by atoms with E-state index in [1.165, 1.54) is 11.4 Å². The summed E-state index contributed by atoms with van der Waals surface area (Å²) in [6.45, 7) is 4.58. The van der Waals surface area contributed by atoms with Crippen molar-refractivity contribution in [2.45, 2.75) is 45.7 Å². The Morgan fingerprint density at radius 3 is 2.37 bits per heavy atom. The molecule has 1 atom stereocenters. The lowest BCUT2D eigenvalue weighted by Crippen LogP contribution is -2.47. The van der Waals surface area contributed by atoms with Gasteiger partial charge in [0.2, 0.25) is 21.8 Å². The summed E-state index contributed by atoms with van der Waals surface area (Å²) in [5.74, 6) is -0.00743. The van der Waals surface area contributed by atoms with E-state index >= 15 is 0 Å². The van der Waals surface area contributed by atoms with Crippen LogP contribution in [0.2, 0.25) is 0 Å². The molecule has 0 saturated heterocycles. The average Bonchev–Trinajstić information content (AvgIpc) is 2.83. The molecule has 0 heterocycles. The lowest BCUT2D eigenvalue weighted by Gasteiger charge is -2.29. The summed E-state index contributed by atoms with van der Waals surface area (Å²) in [6.07, 6.45) is 2.29. The van der Waals surface area contributed by atoms with E-state index in [-0.39, 0.29) is 37.7 Å². The molecule has 2 amide bonds. The van der Waals surface area contributed by atoms with Gasteiger partial charge in [-0.25, -0.2) is 8.42 Å². The third kappa shape index (κ3) is 8.54. The van der Waals surface area contributed by atoms with Gasteiger partial charge in [-0.15, -0.1) is 0 Å². The Morgan fingerprint density at radius 1 is 1.11 bits per heavy atom. The van der Waals surface area contributed by atoms with Crippen LogP contribution in [0, 0.1) is 0 Å². The Labute approximate surface area is 216 Å². The predicted octanol–water partition coefficient (Wildman–Crippen LogP) is 3.95. The van der Waals surface area contributed by atoms with Crippen molar-refractivity contribution < 1.29 is 22.7 Å². The van der Waals surface area contributed by atoms with Crippen molar-refractivity contribution in [3.8, 4) is 5.75 Å². The lowest BCUT2D eigenvalue weighted by atomic mass is 10.1. The van der Waals surface area contributed by atoms with E-state index in [0.717, 1.165) is 22.7 Å². The Kier molecular flexibility index (Phi) is 11.0. The second-order valence-electron chi connectivity index (χ2n) is 8.23. The van der Waals surface area contributed by atoms with Crippen LogP contribution in [0.15, 0.2) is 53.0 Å². The summed E-state index contributed by atoms with van der Waals surface area (Å²) in [6, 6.07) is 13.8. The summed E-state index contributed by atoms with van der Waals surface area (Å²) < 4.78 is 32.5. The van der Waals surface area contributed by atoms with E-state index in [1.807, 2.05) is 31.2 Å². The number of amides is 2. The summed E-state index contributed by atoms with van der Waals surface area (Å²) >= 11 is 3.41. The second kappa shape index (κ2) is 13.5. The average molecular weight is 569 g/mol. The molecule has 0 saturated carbocycles. The molecular formula is C25H34BrN3O5S. The minimum Gasteiger partial charge on any atom is -0.495 e. The Balaban J connectivity index is 2.17. The summed E-state index contributed by atoms with van der Waals surface area (Å²) in [7, 11) is -2.12. The Hall–Kier alpha value is -2.59. The molecule has 0 aliphatic heterocycles. The van der Waals surface area contributed by atoms with Gasteiger partial charge in [-0.05, 0) is 49.6 Å². The minimum absolute atomic E-state index is 0.0864. The first-order chi connectivity index (χ1) is 16.6. The molecule has 0 aliphatic rings. The standard InChI is InChI=1S/C25H34BrN3O5S/c1-5-16-27-25(31)19(2)28(18-20-12-14-21(26)15-13-20)24(30)11-8-17-29(35(4,32)33)22-9-6-7-10-23(22)34-3/h6-7,9-10,12-15,19H,5,8,11,16-18H2,1-4H3,(H,27,31)/t19-/m1/s1. The highest BCUT2D eigenvalue weighted by atomic mass is 79.9. The maximum absolute atomic E-state index is 13.3. The number of rotatable bonds is 13. The number of benzene rings is 2. The van der Waals surface area contributed by atoms with Crippen LogP contribution in [0.1, 0.15) is 38.7 Å². The van der Waals surface area contributed by atoms with Crippen molar-refractivity contribution in [3.63, 3.8) is 0 Å². The molecule has 0 bridgehead atoms. The number of carbonyl (C=O) groups excluding carboxylic acids is 2. The number of halogens is 1. The molecule has 0 fully saturated rings. The van der Waals surface area contributed by atoms with Crippen LogP contribution in [-0.4, -0.2) is 57.6 Å². The van der Waals surface area contributed by atoms with Crippen LogP contribution in [0.25, 0.3) is 0 Å². The maximum atomic E-state index is 13.3.